The molecular formula is C22H26F. The van der Waals surface area contributed by atoms with E-state index >= 15 is 0 Å². The molecule has 3 rings (SSSR count). The molecule has 0 aromatic heterocycles. The van der Waals surface area contributed by atoms with E-state index in [0.29, 0.717) is 5.56 Å². The Morgan fingerprint density at radius 2 is 1.57 bits per heavy atom. The van der Waals surface area contributed by atoms with E-state index in [-0.39, 0.29) is 5.82 Å². The Morgan fingerprint density at radius 1 is 0.913 bits per heavy atom. The third-order valence-corrected chi connectivity index (χ3v) is 5.26. The van der Waals surface area contributed by atoms with Crippen molar-refractivity contribution in [2.45, 2.75) is 52.4 Å². The summed E-state index contributed by atoms with van der Waals surface area (Å²) >= 11 is 0. The summed E-state index contributed by atoms with van der Waals surface area (Å²) in [5.41, 5.74) is 4.14. The van der Waals surface area contributed by atoms with Gasteiger partial charge in [0.2, 0.25) is 0 Å². The van der Waals surface area contributed by atoms with E-state index in [1.54, 1.807) is 18.9 Å². The Labute approximate surface area is 139 Å². The average molecular weight is 309 g/mol. The lowest BCUT2D eigenvalue weighted by atomic mass is 9.80. The van der Waals surface area contributed by atoms with Crippen molar-refractivity contribution in [2.24, 2.45) is 5.92 Å². The fourth-order valence-electron chi connectivity index (χ4n) is 3.47. The maximum absolute atomic E-state index is 13.7. The quantitative estimate of drug-likeness (QED) is 0.603. The van der Waals surface area contributed by atoms with Gasteiger partial charge in [-0.25, -0.2) is 4.39 Å². The van der Waals surface area contributed by atoms with Crippen LogP contribution in [0.5, 0.6) is 0 Å². The van der Waals surface area contributed by atoms with Crippen molar-refractivity contribution >= 4 is 0 Å². The monoisotopic (exact) mass is 309 g/mol. The molecule has 23 heavy (non-hydrogen) atoms. The van der Waals surface area contributed by atoms with Crippen molar-refractivity contribution in [3.8, 4) is 11.1 Å². The molecule has 0 spiro atoms. The average Bonchev–Trinajstić information content (AvgIpc) is 2.57. The Hall–Kier alpha value is -1.63. The predicted molar refractivity (Wildman–Crippen MR) is 95.8 cm³/mol. The van der Waals surface area contributed by atoms with E-state index < -0.39 is 0 Å². The van der Waals surface area contributed by atoms with Gasteiger partial charge in [-0.3, -0.25) is 0 Å². The summed E-state index contributed by atoms with van der Waals surface area (Å²) in [6, 6.07) is 14.1. The molecule has 0 bridgehead atoms. The highest BCUT2D eigenvalue weighted by atomic mass is 19.1. The number of aryl methyl sites for hydroxylation is 2. The molecule has 1 aliphatic rings. The molecule has 0 amide bonds. The molecule has 0 atom stereocenters. The van der Waals surface area contributed by atoms with Gasteiger partial charge in [-0.15, -0.1) is 0 Å². The largest absolute Gasteiger partial charge is 0.207 e. The van der Waals surface area contributed by atoms with Crippen molar-refractivity contribution in [3.63, 3.8) is 0 Å². The molecule has 2 aromatic carbocycles. The highest BCUT2D eigenvalue weighted by Crippen LogP contribution is 2.32. The Bertz CT molecular complexity index is 634. The number of hydrogen-bond acceptors (Lipinski definition) is 0. The van der Waals surface area contributed by atoms with Crippen LogP contribution in [-0.4, -0.2) is 0 Å². The van der Waals surface area contributed by atoms with Gasteiger partial charge in [0.05, 0.1) is 0 Å². The lowest BCUT2D eigenvalue weighted by Crippen LogP contribution is -2.11. The molecule has 1 heteroatoms. The van der Waals surface area contributed by atoms with Crippen molar-refractivity contribution in [2.75, 3.05) is 0 Å². The van der Waals surface area contributed by atoms with Crippen molar-refractivity contribution < 1.29 is 4.39 Å². The van der Waals surface area contributed by atoms with Gasteiger partial charge in [0.25, 0.3) is 0 Å². The second kappa shape index (κ2) is 7.29. The standard InChI is InChI=1S/C22H26F/c1-16-3-6-18(7-4-16)8-9-19-10-13-20(14-11-19)21-12-5-17(2)22(23)15-21/h5,10-15,18H,3-4,6-9H2,1-2H3. The Balaban J connectivity index is 1.59. The van der Waals surface area contributed by atoms with Crippen LogP contribution in [0.25, 0.3) is 11.1 Å². The highest BCUT2D eigenvalue weighted by Gasteiger charge is 2.18. The van der Waals surface area contributed by atoms with Crippen LogP contribution < -0.4 is 0 Å². The summed E-state index contributed by atoms with van der Waals surface area (Å²) in [4.78, 5) is 0. The minimum Gasteiger partial charge on any atom is -0.207 e. The SMILES string of the molecule is C[C]1CCC(CCc2ccc(-c3ccc(C)c(F)c3)cc2)CC1. The van der Waals surface area contributed by atoms with Gasteiger partial charge in [-0.2, -0.15) is 0 Å². The fourth-order valence-corrected chi connectivity index (χ4v) is 3.47. The fraction of sp³-hybridized carbons (Fsp3) is 0.409. The Morgan fingerprint density at radius 3 is 2.22 bits per heavy atom. The summed E-state index contributed by atoms with van der Waals surface area (Å²) in [5.74, 6) is 2.44. The van der Waals surface area contributed by atoms with Crippen molar-refractivity contribution in [1.82, 2.24) is 0 Å². The normalized spacial score (nSPS) is 16.7. The Kier molecular flexibility index (Phi) is 5.15. The zero-order valence-corrected chi connectivity index (χ0v) is 14.2. The molecule has 0 unspecified atom stereocenters. The number of rotatable bonds is 4. The summed E-state index contributed by atoms with van der Waals surface area (Å²) in [6.45, 7) is 4.09. The molecule has 0 N–H and O–H groups in total. The van der Waals surface area contributed by atoms with E-state index in [2.05, 4.69) is 31.2 Å². The van der Waals surface area contributed by atoms with Crippen LogP contribution >= 0.6 is 0 Å². The topological polar surface area (TPSA) is 0 Å². The molecule has 1 fully saturated rings. The highest BCUT2D eigenvalue weighted by molar-refractivity contribution is 5.64. The summed E-state index contributed by atoms with van der Waals surface area (Å²) in [5, 5.41) is 0. The minimum absolute atomic E-state index is 0.129. The van der Waals surface area contributed by atoms with E-state index in [1.807, 2.05) is 12.1 Å². The van der Waals surface area contributed by atoms with Crippen LogP contribution in [0.1, 0.15) is 50.2 Å². The number of hydrogen-bond donors (Lipinski definition) is 0. The first-order chi connectivity index (χ1) is 11.1. The maximum Gasteiger partial charge on any atom is 0.126 e. The maximum atomic E-state index is 13.7. The molecular weight excluding hydrogens is 283 g/mol. The summed E-state index contributed by atoms with van der Waals surface area (Å²) in [6.07, 6.45) is 7.84. The predicted octanol–water partition coefficient (Wildman–Crippen LogP) is 6.52. The lowest BCUT2D eigenvalue weighted by Gasteiger charge is -2.25. The van der Waals surface area contributed by atoms with E-state index in [9.17, 15) is 4.39 Å². The van der Waals surface area contributed by atoms with Gasteiger partial charge in [0.15, 0.2) is 0 Å². The molecule has 0 saturated heterocycles. The van der Waals surface area contributed by atoms with Crippen molar-refractivity contribution in [3.05, 3.63) is 65.3 Å². The third kappa shape index (κ3) is 4.22. The third-order valence-electron chi connectivity index (χ3n) is 5.26. The van der Waals surface area contributed by atoms with E-state index in [4.69, 9.17) is 0 Å². The zero-order valence-electron chi connectivity index (χ0n) is 14.2. The number of benzene rings is 2. The second-order valence-electron chi connectivity index (χ2n) is 7.10. The minimum atomic E-state index is -0.129. The first kappa shape index (κ1) is 16.2. The van der Waals surface area contributed by atoms with Gasteiger partial charge >= 0.3 is 0 Å². The first-order valence-corrected chi connectivity index (χ1v) is 8.78. The van der Waals surface area contributed by atoms with Crippen LogP contribution in [0.2, 0.25) is 0 Å². The van der Waals surface area contributed by atoms with Crippen molar-refractivity contribution in [1.29, 1.82) is 0 Å². The van der Waals surface area contributed by atoms with E-state index in [1.165, 1.54) is 37.7 Å². The molecule has 0 heterocycles. The van der Waals surface area contributed by atoms with Gasteiger partial charge < -0.3 is 0 Å². The van der Waals surface area contributed by atoms with Gasteiger partial charge in [-0.1, -0.05) is 43.3 Å². The lowest BCUT2D eigenvalue weighted by molar-refractivity contribution is 0.358. The van der Waals surface area contributed by atoms with Crippen LogP contribution in [0.4, 0.5) is 4.39 Å². The molecule has 1 radical (unpaired) electrons. The zero-order chi connectivity index (χ0) is 16.2. The smallest absolute Gasteiger partial charge is 0.126 e. The molecule has 0 aliphatic heterocycles. The first-order valence-electron chi connectivity index (χ1n) is 8.78. The summed E-state index contributed by atoms with van der Waals surface area (Å²) in [7, 11) is 0. The molecule has 2 aromatic rings. The molecule has 121 valence electrons. The van der Waals surface area contributed by atoms with Crippen LogP contribution in [0.15, 0.2) is 42.5 Å². The molecule has 0 nitrogen and oxygen atoms in total. The van der Waals surface area contributed by atoms with Gasteiger partial charge in [0, 0.05) is 0 Å². The van der Waals surface area contributed by atoms with Gasteiger partial charge in [-0.05, 0) is 85.6 Å². The van der Waals surface area contributed by atoms with Gasteiger partial charge in [0.1, 0.15) is 5.82 Å². The number of halogens is 1. The van der Waals surface area contributed by atoms with E-state index in [0.717, 1.165) is 23.5 Å². The van der Waals surface area contributed by atoms with Crippen LogP contribution in [0, 0.1) is 24.6 Å². The van der Waals surface area contributed by atoms with Crippen LogP contribution in [-0.2, 0) is 6.42 Å². The molecule has 1 saturated carbocycles. The molecule has 1 aliphatic carbocycles. The second-order valence-corrected chi connectivity index (χ2v) is 7.10. The summed E-state index contributed by atoms with van der Waals surface area (Å²) < 4.78 is 13.7. The van der Waals surface area contributed by atoms with Crippen LogP contribution in [0.3, 0.4) is 0 Å².